The van der Waals surface area contributed by atoms with E-state index in [0.29, 0.717) is 18.7 Å². The Balaban J connectivity index is 2.05. The van der Waals surface area contributed by atoms with Crippen LogP contribution in [0.25, 0.3) is 11.1 Å². The number of carbonyl (C=O) groups excluding carboxylic acids is 2. The van der Waals surface area contributed by atoms with E-state index >= 15 is 0 Å². The Labute approximate surface area is 176 Å². The first-order valence-corrected chi connectivity index (χ1v) is 10.0. The van der Waals surface area contributed by atoms with Gasteiger partial charge in [0.2, 0.25) is 11.8 Å². The number of ether oxygens (including phenoxy) is 1. The molecule has 1 N–H and O–H groups in total. The second-order valence-corrected chi connectivity index (χ2v) is 7.84. The Kier molecular flexibility index (Phi) is 6.66. The molecule has 0 fully saturated rings. The fourth-order valence-corrected chi connectivity index (χ4v) is 3.41. The molecule has 0 saturated heterocycles. The molecule has 8 heteroatoms. The predicted molar refractivity (Wildman–Crippen MR) is 112 cm³/mol. The zero-order valence-electron chi connectivity index (χ0n) is 17.8. The molecule has 0 aromatic carbocycles. The third kappa shape index (κ3) is 4.59. The van der Waals surface area contributed by atoms with Gasteiger partial charge in [0.1, 0.15) is 11.7 Å². The van der Waals surface area contributed by atoms with Crippen LogP contribution in [0.2, 0.25) is 0 Å². The maximum Gasteiger partial charge on any atom is 0.259 e. The average Bonchev–Trinajstić information content (AvgIpc) is 2.75. The van der Waals surface area contributed by atoms with E-state index in [1.54, 1.807) is 41.5 Å². The second-order valence-electron chi connectivity index (χ2n) is 7.84. The van der Waals surface area contributed by atoms with Crippen molar-refractivity contribution in [3.8, 4) is 17.0 Å². The van der Waals surface area contributed by atoms with Crippen molar-refractivity contribution in [3.63, 3.8) is 0 Å². The van der Waals surface area contributed by atoms with Crippen LogP contribution < -0.4 is 4.74 Å². The smallest absolute Gasteiger partial charge is 0.259 e. The van der Waals surface area contributed by atoms with Crippen molar-refractivity contribution in [1.29, 1.82) is 0 Å². The van der Waals surface area contributed by atoms with Gasteiger partial charge in [0.05, 0.1) is 19.2 Å². The number of hydrogen-bond acceptors (Lipinski definition) is 6. The SMILES string of the molecule is CC(=O)N(C)C[C@@H]1Oc2ncc(-c3cccnc3)cc2C(=O)N([C@H](C)CO)C[C@H]1C. The molecule has 3 heterocycles. The number of carbonyl (C=O) groups is 2. The van der Waals surface area contributed by atoms with E-state index in [-0.39, 0.29) is 42.4 Å². The molecule has 1 aliphatic heterocycles. The highest BCUT2D eigenvalue weighted by atomic mass is 16.5. The summed E-state index contributed by atoms with van der Waals surface area (Å²) in [4.78, 5) is 36.9. The molecule has 3 atom stereocenters. The lowest BCUT2D eigenvalue weighted by atomic mass is 9.99. The van der Waals surface area contributed by atoms with E-state index in [4.69, 9.17) is 4.74 Å². The van der Waals surface area contributed by atoms with Crippen LogP contribution in [0.3, 0.4) is 0 Å². The van der Waals surface area contributed by atoms with Crippen molar-refractivity contribution < 1.29 is 19.4 Å². The van der Waals surface area contributed by atoms with Crippen molar-refractivity contribution >= 4 is 11.8 Å². The van der Waals surface area contributed by atoms with Crippen LogP contribution in [-0.4, -0.2) is 75.6 Å². The lowest BCUT2D eigenvalue weighted by Crippen LogP contribution is -2.50. The zero-order valence-corrected chi connectivity index (χ0v) is 17.8. The Hall–Kier alpha value is -3.00. The van der Waals surface area contributed by atoms with Gasteiger partial charge in [0.25, 0.3) is 5.91 Å². The molecular weight excluding hydrogens is 384 g/mol. The van der Waals surface area contributed by atoms with Crippen molar-refractivity contribution in [3.05, 3.63) is 42.4 Å². The Morgan fingerprint density at radius 3 is 2.80 bits per heavy atom. The highest BCUT2D eigenvalue weighted by Gasteiger charge is 2.34. The fourth-order valence-electron chi connectivity index (χ4n) is 3.41. The standard InChI is InChI=1S/C22H28N4O4/c1-14-11-26(15(2)13-27)22(29)19-8-18(17-6-5-7-23-9-17)10-24-21(19)30-20(14)12-25(4)16(3)28/h5-10,14-15,20,27H,11-13H2,1-4H3/t14-,15-,20+/m1/s1. The Morgan fingerprint density at radius 1 is 1.40 bits per heavy atom. The maximum absolute atomic E-state index is 13.4. The minimum absolute atomic E-state index is 0.0652. The topological polar surface area (TPSA) is 95.9 Å². The summed E-state index contributed by atoms with van der Waals surface area (Å²) in [5, 5.41) is 9.72. The Morgan fingerprint density at radius 2 is 2.17 bits per heavy atom. The summed E-state index contributed by atoms with van der Waals surface area (Å²) in [5.41, 5.74) is 1.92. The molecule has 30 heavy (non-hydrogen) atoms. The van der Waals surface area contributed by atoms with Gasteiger partial charge in [-0.1, -0.05) is 13.0 Å². The number of likely N-dealkylation sites (N-methyl/N-ethyl adjacent to an activating group) is 1. The van der Waals surface area contributed by atoms with Gasteiger partial charge < -0.3 is 19.6 Å². The van der Waals surface area contributed by atoms with Gasteiger partial charge in [0, 0.05) is 56.2 Å². The van der Waals surface area contributed by atoms with Gasteiger partial charge >= 0.3 is 0 Å². The van der Waals surface area contributed by atoms with E-state index in [2.05, 4.69) is 9.97 Å². The highest BCUT2D eigenvalue weighted by Crippen LogP contribution is 2.30. The summed E-state index contributed by atoms with van der Waals surface area (Å²) < 4.78 is 6.16. The number of pyridine rings is 2. The van der Waals surface area contributed by atoms with E-state index < -0.39 is 0 Å². The molecule has 3 rings (SSSR count). The van der Waals surface area contributed by atoms with Crippen LogP contribution in [0, 0.1) is 5.92 Å². The summed E-state index contributed by atoms with van der Waals surface area (Å²) >= 11 is 0. The molecule has 2 aromatic rings. The van der Waals surface area contributed by atoms with Gasteiger partial charge in [-0.2, -0.15) is 0 Å². The number of aromatic nitrogens is 2. The van der Waals surface area contributed by atoms with Gasteiger partial charge in [0.15, 0.2) is 0 Å². The quantitative estimate of drug-likeness (QED) is 0.805. The van der Waals surface area contributed by atoms with Gasteiger partial charge in [-0.3, -0.25) is 14.6 Å². The van der Waals surface area contributed by atoms with Gasteiger partial charge in [-0.25, -0.2) is 4.98 Å². The molecule has 0 bridgehead atoms. The summed E-state index contributed by atoms with van der Waals surface area (Å²) in [7, 11) is 1.72. The number of nitrogens with zero attached hydrogens (tertiary/aromatic N) is 4. The van der Waals surface area contributed by atoms with Gasteiger partial charge in [-0.15, -0.1) is 0 Å². The first-order chi connectivity index (χ1) is 14.3. The van der Waals surface area contributed by atoms with Crippen molar-refractivity contribution in [2.75, 3.05) is 26.7 Å². The fraction of sp³-hybridized carbons (Fsp3) is 0.455. The summed E-state index contributed by atoms with van der Waals surface area (Å²) in [6, 6.07) is 5.10. The number of fused-ring (bicyclic) bond motifs is 1. The molecule has 0 saturated carbocycles. The minimum atomic E-state index is -0.362. The van der Waals surface area contributed by atoms with E-state index in [0.717, 1.165) is 11.1 Å². The number of amides is 2. The molecule has 2 aromatic heterocycles. The summed E-state index contributed by atoms with van der Waals surface area (Å²) in [5.74, 6) is -0.145. The van der Waals surface area contributed by atoms with Crippen molar-refractivity contribution in [2.24, 2.45) is 5.92 Å². The molecule has 8 nitrogen and oxygen atoms in total. The molecular formula is C22H28N4O4. The Bertz CT molecular complexity index is 905. The van der Waals surface area contributed by atoms with Crippen LogP contribution >= 0.6 is 0 Å². The number of aliphatic hydroxyl groups excluding tert-OH is 1. The first kappa shape index (κ1) is 21.7. The van der Waals surface area contributed by atoms with E-state index in [1.165, 1.54) is 6.92 Å². The van der Waals surface area contributed by atoms with Crippen LogP contribution in [0.5, 0.6) is 5.88 Å². The lowest BCUT2D eigenvalue weighted by molar-refractivity contribution is -0.129. The van der Waals surface area contributed by atoms with Crippen molar-refractivity contribution in [1.82, 2.24) is 19.8 Å². The normalized spacial score (nSPS) is 19.9. The third-order valence-corrected chi connectivity index (χ3v) is 5.51. The zero-order chi connectivity index (χ0) is 21.8. The van der Waals surface area contributed by atoms with E-state index in [9.17, 15) is 14.7 Å². The molecule has 160 valence electrons. The number of aliphatic hydroxyl groups is 1. The van der Waals surface area contributed by atoms with Crippen LogP contribution in [-0.2, 0) is 4.79 Å². The molecule has 0 radical (unpaired) electrons. The number of hydrogen-bond donors (Lipinski definition) is 1. The maximum atomic E-state index is 13.4. The lowest BCUT2D eigenvalue weighted by Gasteiger charge is -2.37. The van der Waals surface area contributed by atoms with Crippen LogP contribution in [0.1, 0.15) is 31.1 Å². The van der Waals surface area contributed by atoms with Crippen LogP contribution in [0.15, 0.2) is 36.8 Å². The largest absolute Gasteiger partial charge is 0.472 e. The monoisotopic (exact) mass is 412 g/mol. The predicted octanol–water partition coefficient (Wildman–Crippen LogP) is 1.84. The van der Waals surface area contributed by atoms with Gasteiger partial charge in [-0.05, 0) is 19.1 Å². The molecule has 0 unspecified atom stereocenters. The highest BCUT2D eigenvalue weighted by molar-refractivity contribution is 5.98. The average molecular weight is 412 g/mol. The molecule has 1 aliphatic rings. The third-order valence-electron chi connectivity index (χ3n) is 5.51. The van der Waals surface area contributed by atoms with E-state index in [1.807, 2.05) is 26.0 Å². The molecule has 0 aliphatic carbocycles. The van der Waals surface area contributed by atoms with Crippen LogP contribution in [0.4, 0.5) is 0 Å². The minimum Gasteiger partial charge on any atom is -0.472 e. The molecule has 0 spiro atoms. The van der Waals surface area contributed by atoms with Crippen molar-refractivity contribution in [2.45, 2.75) is 32.9 Å². The second kappa shape index (κ2) is 9.21. The summed E-state index contributed by atoms with van der Waals surface area (Å²) in [6.45, 7) is 5.90. The first-order valence-electron chi connectivity index (χ1n) is 10.0. The number of rotatable bonds is 5. The molecule has 2 amide bonds. The summed E-state index contributed by atoms with van der Waals surface area (Å²) in [6.07, 6.45) is 4.69.